The molecular formula is C32H37F3N6O7. The van der Waals surface area contributed by atoms with Gasteiger partial charge in [-0.3, -0.25) is 4.90 Å². The number of rotatable bonds is 13. The number of quaternary nitrogens is 1. The zero-order valence-corrected chi connectivity index (χ0v) is 26.9. The predicted octanol–water partition coefficient (Wildman–Crippen LogP) is 1.69. The Hall–Kier alpha value is -4.98. The Morgan fingerprint density at radius 3 is 2.56 bits per heavy atom. The van der Waals surface area contributed by atoms with Crippen molar-refractivity contribution in [3.63, 3.8) is 0 Å². The molecule has 0 unspecified atom stereocenters. The van der Waals surface area contributed by atoms with Crippen LogP contribution in [0.2, 0.25) is 0 Å². The second-order valence-electron chi connectivity index (χ2n) is 11.4. The first-order chi connectivity index (χ1) is 22.8. The van der Waals surface area contributed by atoms with Gasteiger partial charge in [-0.15, -0.1) is 5.10 Å². The highest BCUT2D eigenvalue weighted by molar-refractivity contribution is 5.93. The number of methoxy groups -OCH3 is 1. The van der Waals surface area contributed by atoms with Crippen LogP contribution in [-0.2, 0) is 31.4 Å². The van der Waals surface area contributed by atoms with E-state index < -0.39 is 42.3 Å². The maximum Gasteiger partial charge on any atom is 0.345 e. The van der Waals surface area contributed by atoms with Crippen molar-refractivity contribution in [2.45, 2.75) is 25.3 Å². The fraction of sp³-hybridized carbons (Fsp3) is 0.406. The number of esters is 1. The molecule has 13 nitrogen and oxygen atoms in total. The number of aromatic nitrogens is 3. The smallest absolute Gasteiger partial charge is 0.345 e. The molecule has 0 bridgehead atoms. The summed E-state index contributed by atoms with van der Waals surface area (Å²) in [5, 5.41) is 33.5. The van der Waals surface area contributed by atoms with E-state index in [0.717, 1.165) is 12.1 Å². The number of aliphatic hydroxyl groups is 1. The molecule has 258 valence electrons. The number of nitriles is 1. The largest absolute Gasteiger partial charge is 0.554 e. The molecule has 0 radical (unpaired) electrons. The van der Waals surface area contributed by atoms with E-state index >= 15 is 0 Å². The van der Waals surface area contributed by atoms with Gasteiger partial charge in [0.05, 0.1) is 64.8 Å². The molecule has 3 aromatic rings. The molecule has 16 heteroatoms. The number of aromatic amines is 1. The Morgan fingerprint density at radius 1 is 1.23 bits per heavy atom. The number of allylic oxidation sites excluding steroid dienone is 1. The summed E-state index contributed by atoms with van der Waals surface area (Å²) in [5.41, 5.74) is 0.805. The Labute approximate surface area is 274 Å². The molecule has 0 spiro atoms. The average Bonchev–Trinajstić information content (AvgIpc) is 3.45. The first-order valence-corrected chi connectivity index (χ1v) is 14.7. The molecule has 2 N–H and O–H groups in total. The molecule has 0 aliphatic carbocycles. The van der Waals surface area contributed by atoms with Crippen LogP contribution in [0.4, 0.5) is 24.8 Å². The molecule has 4 rings (SSSR count). The maximum absolute atomic E-state index is 14.3. The van der Waals surface area contributed by atoms with Crippen LogP contribution in [0.25, 0.3) is 0 Å². The number of carboxylic acid groups (broad SMARTS) is 1. The van der Waals surface area contributed by atoms with Gasteiger partial charge in [-0.1, -0.05) is 18.2 Å². The van der Waals surface area contributed by atoms with Crippen molar-refractivity contribution in [1.82, 2.24) is 14.8 Å². The normalized spacial score (nSPS) is 14.5. The Balaban J connectivity index is 0.00000201. The van der Waals surface area contributed by atoms with E-state index in [9.17, 15) is 28.0 Å². The number of H-pyrrole nitrogens is 1. The number of hydrogen-bond acceptors (Lipinski definition) is 10. The van der Waals surface area contributed by atoms with Crippen molar-refractivity contribution in [2.75, 3.05) is 65.7 Å². The lowest BCUT2D eigenvalue weighted by Gasteiger charge is -2.36. The second-order valence-corrected chi connectivity index (χ2v) is 11.4. The lowest BCUT2D eigenvalue weighted by atomic mass is 9.89. The topological polar surface area (TPSA) is 174 Å². The standard InChI is InChI=1S/C31H35F3N6O5.CH2O2/c1-20-26(28(42)44-4)27(25-9-8-21(18-35)16-22(25)10-11-40(2,3)12-14-45-15-13-41)39-29(36-37-30(39)43)38(20)24-7-5-6-23(17-24)31(33,34)19-32;2-1-3/h5-9,16-17,27,41H,10-15,19H2,1-4H3;1H,(H,2,3)/t27-;/m1./s1. The van der Waals surface area contributed by atoms with Gasteiger partial charge in [0, 0.05) is 29.8 Å². The van der Waals surface area contributed by atoms with Crippen LogP contribution in [0.3, 0.4) is 0 Å². The van der Waals surface area contributed by atoms with Crippen molar-refractivity contribution in [1.29, 1.82) is 5.26 Å². The van der Waals surface area contributed by atoms with E-state index in [1.807, 2.05) is 14.1 Å². The van der Waals surface area contributed by atoms with Crippen LogP contribution in [0.1, 0.15) is 35.2 Å². The van der Waals surface area contributed by atoms with Crippen molar-refractivity contribution < 1.29 is 46.9 Å². The lowest BCUT2D eigenvalue weighted by Crippen LogP contribution is -2.44. The number of nitrogens with zero attached hydrogens (tertiary/aromatic N) is 5. The lowest BCUT2D eigenvalue weighted by molar-refractivity contribution is -0.890. The number of aliphatic hydroxyl groups excluding tert-OH is 1. The zero-order valence-electron chi connectivity index (χ0n) is 26.9. The van der Waals surface area contributed by atoms with Crippen LogP contribution in [0.15, 0.2) is 58.5 Å². The summed E-state index contributed by atoms with van der Waals surface area (Å²) >= 11 is 0. The molecule has 2 heterocycles. The minimum absolute atomic E-state index is 0.0170. The third kappa shape index (κ3) is 8.29. The first-order valence-electron chi connectivity index (χ1n) is 14.7. The van der Waals surface area contributed by atoms with Crippen molar-refractivity contribution in [2.24, 2.45) is 0 Å². The summed E-state index contributed by atoms with van der Waals surface area (Å²) in [5.74, 6) is -4.50. The van der Waals surface area contributed by atoms with Crippen LogP contribution in [0, 0.1) is 11.3 Å². The van der Waals surface area contributed by atoms with Gasteiger partial charge in [-0.25, -0.2) is 23.6 Å². The highest BCUT2D eigenvalue weighted by Gasteiger charge is 2.41. The number of ether oxygens (including phenoxy) is 2. The Kier molecular flexibility index (Phi) is 12.7. The van der Waals surface area contributed by atoms with Crippen molar-refractivity contribution >= 4 is 24.1 Å². The van der Waals surface area contributed by atoms with E-state index in [1.165, 1.54) is 28.7 Å². The van der Waals surface area contributed by atoms with Gasteiger partial charge in [0.1, 0.15) is 12.6 Å². The highest BCUT2D eigenvalue weighted by atomic mass is 19.3. The molecule has 0 fully saturated rings. The van der Waals surface area contributed by atoms with Crippen molar-refractivity contribution in [3.8, 4) is 6.07 Å². The molecule has 1 aliphatic heterocycles. The number of carbonyl (C=O) groups is 2. The third-order valence-electron chi connectivity index (χ3n) is 7.87. The number of hydrogen-bond donors (Lipinski definition) is 2. The summed E-state index contributed by atoms with van der Waals surface area (Å²) in [7, 11) is 5.22. The van der Waals surface area contributed by atoms with Gasteiger partial charge in [-0.05, 0) is 42.3 Å². The Morgan fingerprint density at radius 2 is 1.94 bits per heavy atom. The monoisotopic (exact) mass is 674 g/mol. The van der Waals surface area contributed by atoms with Crippen LogP contribution in [-0.4, -0.2) is 97.6 Å². The number of nitrogens with one attached hydrogen (secondary N) is 1. The summed E-state index contributed by atoms with van der Waals surface area (Å²) in [6.07, 6.45) is 0.452. The number of anilines is 2. The molecule has 0 amide bonds. The number of alkyl halides is 3. The quantitative estimate of drug-likeness (QED) is 0.118. The van der Waals surface area contributed by atoms with E-state index in [1.54, 1.807) is 25.1 Å². The van der Waals surface area contributed by atoms with Gasteiger partial charge in [-0.2, -0.15) is 14.0 Å². The number of halogens is 3. The predicted molar refractivity (Wildman–Crippen MR) is 165 cm³/mol. The van der Waals surface area contributed by atoms with E-state index in [2.05, 4.69) is 16.3 Å². The summed E-state index contributed by atoms with van der Waals surface area (Å²) in [6, 6.07) is 11.1. The van der Waals surface area contributed by atoms with Crippen LogP contribution < -0.4 is 15.7 Å². The number of fused-ring (bicyclic) bond motifs is 1. The summed E-state index contributed by atoms with van der Waals surface area (Å²) in [4.78, 5) is 36.5. The SMILES string of the molecule is COC(=O)C1=C(C)N(c2cccc(C(F)(F)CF)c2)c2n[nH]c(=O)n2[C@@H]1c1ccc(C#N)cc1CC[N+](C)(C)CCOCCO.O=C[O-]. The summed E-state index contributed by atoms with van der Waals surface area (Å²) in [6.45, 7) is 1.01. The fourth-order valence-electron chi connectivity index (χ4n) is 5.38. The van der Waals surface area contributed by atoms with Gasteiger partial charge in [0.25, 0.3) is 0 Å². The van der Waals surface area contributed by atoms with Gasteiger partial charge < -0.3 is 29.0 Å². The van der Waals surface area contributed by atoms with E-state index in [0.29, 0.717) is 47.3 Å². The number of carbonyl (C=O) groups excluding carboxylic acids is 2. The Bertz CT molecular complexity index is 1730. The van der Waals surface area contributed by atoms with Gasteiger partial charge >= 0.3 is 17.6 Å². The fourth-order valence-corrected chi connectivity index (χ4v) is 5.38. The van der Waals surface area contributed by atoms with Gasteiger partial charge in [0.15, 0.2) is 6.67 Å². The third-order valence-corrected chi connectivity index (χ3v) is 7.87. The van der Waals surface area contributed by atoms with Gasteiger partial charge in [0.2, 0.25) is 5.95 Å². The zero-order chi connectivity index (χ0) is 35.6. The average molecular weight is 675 g/mol. The maximum atomic E-state index is 14.3. The first kappa shape index (κ1) is 37.5. The minimum Gasteiger partial charge on any atom is -0.554 e. The molecule has 1 atom stereocenters. The van der Waals surface area contributed by atoms with Crippen LogP contribution >= 0.6 is 0 Å². The second kappa shape index (κ2) is 16.2. The minimum atomic E-state index is -3.75. The molecular weight excluding hydrogens is 637 g/mol. The highest BCUT2D eigenvalue weighted by Crippen LogP contribution is 2.43. The molecule has 2 aromatic carbocycles. The van der Waals surface area contributed by atoms with E-state index in [4.69, 9.17) is 24.5 Å². The number of benzene rings is 2. The van der Waals surface area contributed by atoms with Crippen molar-refractivity contribution in [3.05, 3.63) is 86.5 Å². The molecule has 1 aliphatic rings. The molecule has 1 aromatic heterocycles. The summed E-state index contributed by atoms with van der Waals surface area (Å²) < 4.78 is 54.2. The van der Waals surface area contributed by atoms with Crippen LogP contribution in [0.5, 0.6) is 0 Å². The number of likely N-dealkylation sites (N-methyl/N-ethyl adjacent to an activating group) is 1. The van der Waals surface area contributed by atoms with E-state index in [-0.39, 0.29) is 36.1 Å². The molecule has 48 heavy (non-hydrogen) atoms. The molecule has 0 saturated carbocycles. The molecule has 0 saturated heterocycles.